The van der Waals surface area contributed by atoms with Gasteiger partial charge >= 0.3 is 0 Å². The summed E-state index contributed by atoms with van der Waals surface area (Å²) < 4.78 is 5.25. The molecule has 2 heterocycles. The van der Waals surface area contributed by atoms with Crippen molar-refractivity contribution in [2.75, 3.05) is 13.7 Å². The maximum absolute atomic E-state index is 12.8. The number of rotatable bonds is 7. The highest BCUT2D eigenvalue weighted by molar-refractivity contribution is 7.10. The molecule has 1 N–H and O–H groups in total. The number of thiophene rings is 1. The molecule has 6 heteroatoms. The van der Waals surface area contributed by atoms with Gasteiger partial charge in [0.2, 0.25) is 11.8 Å². The van der Waals surface area contributed by atoms with Crippen molar-refractivity contribution in [3.05, 3.63) is 87.6 Å². The Morgan fingerprint density at radius 2 is 1.77 bits per heavy atom. The van der Waals surface area contributed by atoms with Crippen LogP contribution in [0.3, 0.4) is 0 Å². The Balaban J connectivity index is 1.39. The number of methoxy groups -OCH3 is 1. The van der Waals surface area contributed by atoms with Crippen LogP contribution in [0.4, 0.5) is 0 Å². The molecule has 31 heavy (non-hydrogen) atoms. The topological polar surface area (TPSA) is 58.6 Å². The standard InChI is InChI=1S/C25H26N2O3S/c1-30-21-9-7-19(8-10-21)25(18-5-3-2-4-6-18)26-23(28)11-12-24(29)27-15-13-22-20(17-27)14-16-31-22/h2-10,14,16,25H,11-13,15,17H2,1H3,(H,26,28). The molecule has 3 aromatic rings. The van der Waals surface area contributed by atoms with Crippen LogP contribution in [0.5, 0.6) is 5.75 Å². The first-order valence-corrected chi connectivity index (χ1v) is 11.3. The third-order valence-electron chi connectivity index (χ3n) is 5.61. The van der Waals surface area contributed by atoms with Crippen LogP contribution in [-0.4, -0.2) is 30.4 Å². The highest BCUT2D eigenvalue weighted by Crippen LogP contribution is 2.26. The van der Waals surface area contributed by atoms with Crippen molar-refractivity contribution in [2.45, 2.75) is 31.8 Å². The molecule has 0 aliphatic carbocycles. The summed E-state index contributed by atoms with van der Waals surface area (Å²) in [4.78, 5) is 28.7. The third kappa shape index (κ3) is 5.14. The van der Waals surface area contributed by atoms with Gasteiger partial charge in [0, 0.05) is 30.8 Å². The van der Waals surface area contributed by atoms with Gasteiger partial charge < -0.3 is 15.0 Å². The van der Waals surface area contributed by atoms with Gasteiger partial charge in [0.25, 0.3) is 0 Å². The second-order valence-corrected chi connectivity index (χ2v) is 8.62. The lowest BCUT2D eigenvalue weighted by Gasteiger charge is -2.27. The van der Waals surface area contributed by atoms with Crippen LogP contribution in [0, 0.1) is 0 Å². The summed E-state index contributed by atoms with van der Waals surface area (Å²) in [5, 5.41) is 5.19. The van der Waals surface area contributed by atoms with Crippen molar-refractivity contribution in [2.24, 2.45) is 0 Å². The monoisotopic (exact) mass is 434 g/mol. The van der Waals surface area contributed by atoms with Crippen LogP contribution in [0.1, 0.15) is 40.5 Å². The zero-order valence-corrected chi connectivity index (χ0v) is 18.4. The number of nitrogens with one attached hydrogen (secondary N) is 1. The van der Waals surface area contributed by atoms with Crippen LogP contribution in [0.15, 0.2) is 66.0 Å². The molecule has 2 aromatic carbocycles. The van der Waals surface area contributed by atoms with E-state index in [1.807, 2.05) is 59.5 Å². The number of benzene rings is 2. The normalized spacial score (nSPS) is 13.9. The van der Waals surface area contributed by atoms with Crippen molar-refractivity contribution in [1.29, 1.82) is 0 Å². The van der Waals surface area contributed by atoms with Gasteiger partial charge in [-0.05, 0) is 46.7 Å². The fourth-order valence-corrected chi connectivity index (χ4v) is 4.76. The lowest BCUT2D eigenvalue weighted by molar-refractivity contribution is -0.134. The second-order valence-electron chi connectivity index (χ2n) is 7.62. The third-order valence-corrected chi connectivity index (χ3v) is 6.64. The van der Waals surface area contributed by atoms with Gasteiger partial charge in [-0.3, -0.25) is 9.59 Å². The zero-order valence-electron chi connectivity index (χ0n) is 17.5. The van der Waals surface area contributed by atoms with Gasteiger partial charge in [-0.2, -0.15) is 0 Å². The van der Waals surface area contributed by atoms with E-state index >= 15 is 0 Å². The van der Waals surface area contributed by atoms with Gasteiger partial charge in [-0.25, -0.2) is 0 Å². The molecule has 1 aliphatic heterocycles. The minimum atomic E-state index is -0.280. The lowest BCUT2D eigenvalue weighted by Crippen LogP contribution is -2.36. The molecule has 160 valence electrons. The highest BCUT2D eigenvalue weighted by atomic mass is 32.1. The first kappa shape index (κ1) is 21.1. The summed E-state index contributed by atoms with van der Waals surface area (Å²) in [5.41, 5.74) is 3.19. The molecule has 0 bridgehead atoms. The molecule has 5 nitrogen and oxygen atoms in total. The van der Waals surface area contributed by atoms with Gasteiger partial charge in [-0.15, -0.1) is 11.3 Å². The molecule has 4 rings (SSSR count). The molecular formula is C25H26N2O3S. The maximum Gasteiger partial charge on any atom is 0.223 e. The second kappa shape index (κ2) is 9.79. The first-order chi connectivity index (χ1) is 15.1. The van der Waals surface area contributed by atoms with E-state index < -0.39 is 0 Å². The minimum absolute atomic E-state index is 0.0349. The van der Waals surface area contributed by atoms with E-state index in [9.17, 15) is 9.59 Å². The highest BCUT2D eigenvalue weighted by Gasteiger charge is 2.23. The molecule has 0 radical (unpaired) electrons. The minimum Gasteiger partial charge on any atom is -0.497 e. The van der Waals surface area contributed by atoms with Crippen molar-refractivity contribution in [1.82, 2.24) is 10.2 Å². The number of carbonyl (C=O) groups excluding carboxylic acids is 2. The Kier molecular flexibility index (Phi) is 6.67. The number of hydrogen-bond donors (Lipinski definition) is 1. The molecule has 0 spiro atoms. The Morgan fingerprint density at radius 3 is 2.52 bits per heavy atom. The van der Waals surface area contributed by atoms with E-state index in [0.29, 0.717) is 6.54 Å². The van der Waals surface area contributed by atoms with Gasteiger partial charge in [0.15, 0.2) is 0 Å². The first-order valence-electron chi connectivity index (χ1n) is 10.5. The number of fused-ring (bicyclic) bond motifs is 1. The van der Waals surface area contributed by atoms with E-state index in [1.54, 1.807) is 18.4 Å². The van der Waals surface area contributed by atoms with E-state index in [1.165, 1.54) is 10.4 Å². The van der Waals surface area contributed by atoms with Crippen molar-refractivity contribution < 1.29 is 14.3 Å². The summed E-state index contributed by atoms with van der Waals surface area (Å²) in [6.45, 7) is 1.38. The van der Waals surface area contributed by atoms with Crippen LogP contribution in [0.2, 0.25) is 0 Å². The van der Waals surface area contributed by atoms with Gasteiger partial charge in [0.05, 0.1) is 13.2 Å². The summed E-state index contributed by atoms with van der Waals surface area (Å²) in [6, 6.07) is 19.3. The predicted molar refractivity (Wildman–Crippen MR) is 122 cm³/mol. The van der Waals surface area contributed by atoms with E-state index in [-0.39, 0.29) is 30.7 Å². The van der Waals surface area contributed by atoms with E-state index in [0.717, 1.165) is 29.8 Å². The summed E-state index contributed by atoms with van der Waals surface area (Å²) >= 11 is 1.75. The fraction of sp³-hybridized carbons (Fsp3) is 0.280. The van der Waals surface area contributed by atoms with Crippen LogP contribution in [0.25, 0.3) is 0 Å². The Bertz CT molecular complexity index is 1030. The molecule has 1 aromatic heterocycles. The quantitative estimate of drug-likeness (QED) is 0.602. The number of carbonyl (C=O) groups is 2. The van der Waals surface area contributed by atoms with Crippen LogP contribution < -0.4 is 10.1 Å². The molecule has 0 saturated heterocycles. The average Bonchev–Trinajstić information content (AvgIpc) is 3.29. The molecule has 1 unspecified atom stereocenters. The fourth-order valence-electron chi connectivity index (χ4n) is 3.87. The Morgan fingerprint density at radius 1 is 1.03 bits per heavy atom. The van der Waals surface area contributed by atoms with Crippen molar-refractivity contribution in [3.63, 3.8) is 0 Å². The van der Waals surface area contributed by atoms with Gasteiger partial charge in [-0.1, -0.05) is 42.5 Å². The van der Waals surface area contributed by atoms with Crippen molar-refractivity contribution >= 4 is 23.2 Å². The number of ether oxygens (including phenoxy) is 1. The molecular weight excluding hydrogens is 408 g/mol. The number of hydrogen-bond acceptors (Lipinski definition) is 4. The molecule has 1 aliphatic rings. The van der Waals surface area contributed by atoms with Crippen LogP contribution in [-0.2, 0) is 22.6 Å². The van der Waals surface area contributed by atoms with E-state index in [4.69, 9.17) is 4.74 Å². The molecule has 0 fully saturated rings. The Hall–Kier alpha value is -3.12. The lowest BCUT2D eigenvalue weighted by atomic mass is 9.98. The van der Waals surface area contributed by atoms with E-state index in [2.05, 4.69) is 16.8 Å². The number of nitrogens with zero attached hydrogens (tertiary/aromatic N) is 1. The van der Waals surface area contributed by atoms with Gasteiger partial charge in [0.1, 0.15) is 5.75 Å². The average molecular weight is 435 g/mol. The zero-order chi connectivity index (χ0) is 21.6. The number of amides is 2. The summed E-state index contributed by atoms with van der Waals surface area (Å²) in [6.07, 6.45) is 1.29. The summed E-state index contributed by atoms with van der Waals surface area (Å²) in [7, 11) is 1.63. The SMILES string of the molecule is COc1ccc(C(NC(=O)CCC(=O)N2CCc3sccc3C2)c2ccccc2)cc1. The molecule has 0 saturated carbocycles. The maximum atomic E-state index is 12.8. The smallest absolute Gasteiger partial charge is 0.223 e. The largest absolute Gasteiger partial charge is 0.497 e. The van der Waals surface area contributed by atoms with Crippen molar-refractivity contribution in [3.8, 4) is 5.75 Å². The summed E-state index contributed by atoms with van der Waals surface area (Å²) in [5.74, 6) is 0.668. The molecule has 1 atom stereocenters. The predicted octanol–water partition coefficient (Wildman–Crippen LogP) is 4.33. The molecule has 2 amide bonds. The van der Waals surface area contributed by atoms with Crippen LogP contribution >= 0.6 is 11.3 Å². The Labute approximate surface area is 186 Å².